The molecule has 0 aliphatic rings. The van der Waals surface area contributed by atoms with E-state index in [2.05, 4.69) is 26.5 Å². The lowest BCUT2D eigenvalue weighted by molar-refractivity contribution is 0.0954. The molecule has 0 aliphatic heterocycles. The number of aromatic hydroxyl groups is 1. The van der Waals surface area contributed by atoms with Gasteiger partial charge in [0.1, 0.15) is 23.0 Å². The summed E-state index contributed by atoms with van der Waals surface area (Å²) in [7, 11) is 4.51. The lowest BCUT2D eigenvalue weighted by atomic mass is 10.2. The molecule has 2 aromatic rings. The van der Waals surface area contributed by atoms with Crippen molar-refractivity contribution in [2.75, 3.05) is 21.3 Å². The minimum absolute atomic E-state index is 0.0122. The number of phenolic OH excluding ortho intramolecular Hbond substituents is 1. The zero-order valence-electron chi connectivity index (χ0n) is 13.9. The van der Waals surface area contributed by atoms with E-state index in [1.54, 1.807) is 30.3 Å². The average molecular weight is 409 g/mol. The second-order valence-electron chi connectivity index (χ2n) is 4.85. The first kappa shape index (κ1) is 18.6. The summed E-state index contributed by atoms with van der Waals surface area (Å²) in [4.78, 5) is 12.2. The van der Waals surface area contributed by atoms with E-state index in [-0.39, 0.29) is 5.75 Å². The summed E-state index contributed by atoms with van der Waals surface area (Å²) in [5.74, 6) is 1.05. The number of methoxy groups -OCH3 is 3. The van der Waals surface area contributed by atoms with Gasteiger partial charge in [0.15, 0.2) is 0 Å². The second kappa shape index (κ2) is 8.39. The van der Waals surface area contributed by atoms with Crippen molar-refractivity contribution in [3.05, 3.63) is 45.9 Å². The van der Waals surface area contributed by atoms with Gasteiger partial charge in [0.2, 0.25) is 0 Å². The van der Waals surface area contributed by atoms with Crippen LogP contribution in [0.5, 0.6) is 23.0 Å². The Hall–Kier alpha value is -2.74. The Kier molecular flexibility index (Phi) is 6.24. The first-order valence-electron chi connectivity index (χ1n) is 7.11. The molecule has 2 rings (SSSR count). The fourth-order valence-electron chi connectivity index (χ4n) is 1.97. The van der Waals surface area contributed by atoms with Crippen LogP contribution in [0.15, 0.2) is 39.9 Å². The molecule has 2 aromatic carbocycles. The van der Waals surface area contributed by atoms with Crippen LogP contribution in [0.25, 0.3) is 0 Å². The van der Waals surface area contributed by atoms with Crippen LogP contribution >= 0.6 is 15.9 Å². The van der Waals surface area contributed by atoms with Crippen molar-refractivity contribution in [2.24, 2.45) is 5.10 Å². The fraction of sp³-hybridized carbons (Fsp3) is 0.176. The van der Waals surface area contributed by atoms with Crippen molar-refractivity contribution in [3.63, 3.8) is 0 Å². The van der Waals surface area contributed by atoms with Crippen molar-refractivity contribution < 1.29 is 24.1 Å². The van der Waals surface area contributed by atoms with Crippen LogP contribution in [0.2, 0.25) is 0 Å². The zero-order chi connectivity index (χ0) is 18.4. The molecule has 25 heavy (non-hydrogen) atoms. The number of carbonyl (C=O) groups excluding carboxylic acids is 1. The van der Waals surface area contributed by atoms with Gasteiger partial charge in [0.25, 0.3) is 5.91 Å². The third-order valence-corrected chi connectivity index (χ3v) is 3.89. The van der Waals surface area contributed by atoms with Gasteiger partial charge >= 0.3 is 0 Å². The highest BCUT2D eigenvalue weighted by molar-refractivity contribution is 9.10. The van der Waals surface area contributed by atoms with Crippen LogP contribution in [-0.4, -0.2) is 38.6 Å². The number of nitrogens with zero attached hydrogens (tertiary/aromatic N) is 1. The number of rotatable bonds is 6. The van der Waals surface area contributed by atoms with Crippen LogP contribution < -0.4 is 19.6 Å². The first-order chi connectivity index (χ1) is 12.0. The van der Waals surface area contributed by atoms with Crippen molar-refractivity contribution in [1.29, 1.82) is 0 Å². The summed E-state index contributed by atoms with van der Waals surface area (Å²) in [6, 6.07) is 7.99. The van der Waals surface area contributed by atoms with E-state index in [4.69, 9.17) is 14.2 Å². The van der Waals surface area contributed by atoms with Gasteiger partial charge in [0.05, 0.1) is 32.0 Å². The highest BCUT2D eigenvalue weighted by Crippen LogP contribution is 2.31. The van der Waals surface area contributed by atoms with E-state index in [9.17, 15) is 9.90 Å². The van der Waals surface area contributed by atoms with Crippen LogP contribution in [0.1, 0.15) is 15.9 Å². The maximum absolute atomic E-state index is 12.2. The summed E-state index contributed by atoms with van der Waals surface area (Å²) in [6.45, 7) is 0. The average Bonchev–Trinajstić information content (AvgIpc) is 2.64. The second-order valence-corrected chi connectivity index (χ2v) is 5.70. The van der Waals surface area contributed by atoms with Gasteiger partial charge in [-0.1, -0.05) is 0 Å². The molecule has 0 atom stereocenters. The molecule has 8 heteroatoms. The molecular weight excluding hydrogens is 392 g/mol. The van der Waals surface area contributed by atoms with Gasteiger partial charge in [-0.05, 0) is 40.2 Å². The van der Waals surface area contributed by atoms with Gasteiger partial charge in [0, 0.05) is 17.2 Å². The van der Waals surface area contributed by atoms with E-state index in [0.29, 0.717) is 32.8 Å². The molecule has 0 saturated carbocycles. The number of carbonyl (C=O) groups is 1. The SMILES string of the molecule is COc1cc(OC)cc(C(=O)N/N=C\c2cc(OC)cc(Br)c2O)c1. The smallest absolute Gasteiger partial charge is 0.271 e. The van der Waals surface area contributed by atoms with Crippen molar-refractivity contribution in [1.82, 2.24) is 5.43 Å². The normalized spacial score (nSPS) is 10.6. The van der Waals surface area contributed by atoms with Crippen LogP contribution in [0.3, 0.4) is 0 Å². The van der Waals surface area contributed by atoms with Gasteiger partial charge in [-0.3, -0.25) is 4.79 Å². The minimum Gasteiger partial charge on any atom is -0.506 e. The Morgan fingerprint density at radius 1 is 1.04 bits per heavy atom. The number of benzene rings is 2. The minimum atomic E-state index is -0.449. The third kappa shape index (κ3) is 4.63. The van der Waals surface area contributed by atoms with E-state index in [1.165, 1.54) is 27.5 Å². The quantitative estimate of drug-likeness (QED) is 0.566. The van der Waals surface area contributed by atoms with Crippen molar-refractivity contribution in [3.8, 4) is 23.0 Å². The summed E-state index contributed by atoms with van der Waals surface area (Å²) < 4.78 is 15.8. The Morgan fingerprint density at radius 3 is 2.16 bits per heavy atom. The van der Waals surface area contributed by atoms with Crippen molar-refractivity contribution in [2.45, 2.75) is 0 Å². The van der Waals surface area contributed by atoms with Crippen LogP contribution in [-0.2, 0) is 0 Å². The molecule has 0 saturated heterocycles. The topological polar surface area (TPSA) is 89.4 Å². The molecule has 132 valence electrons. The Labute approximate surface area is 153 Å². The predicted octanol–water partition coefficient (Wildman–Crippen LogP) is 2.94. The number of nitrogens with one attached hydrogen (secondary N) is 1. The maximum atomic E-state index is 12.2. The number of phenols is 1. The number of hydrogen-bond acceptors (Lipinski definition) is 6. The summed E-state index contributed by atoms with van der Waals surface area (Å²) in [5.41, 5.74) is 3.09. The molecule has 2 N–H and O–H groups in total. The van der Waals surface area contributed by atoms with E-state index in [0.717, 1.165) is 0 Å². The molecule has 0 spiro atoms. The number of hydrazone groups is 1. The number of ether oxygens (including phenoxy) is 3. The Morgan fingerprint density at radius 2 is 1.60 bits per heavy atom. The molecular formula is C17H17BrN2O5. The number of amides is 1. The Bertz CT molecular complexity index is 786. The molecule has 1 amide bonds. The Balaban J connectivity index is 2.17. The van der Waals surface area contributed by atoms with Gasteiger partial charge in [-0.2, -0.15) is 5.10 Å². The molecule has 0 aromatic heterocycles. The van der Waals surface area contributed by atoms with E-state index < -0.39 is 5.91 Å². The van der Waals surface area contributed by atoms with Crippen LogP contribution in [0, 0.1) is 0 Å². The molecule has 7 nitrogen and oxygen atoms in total. The van der Waals surface area contributed by atoms with Gasteiger partial charge in [-0.25, -0.2) is 5.43 Å². The van der Waals surface area contributed by atoms with Crippen LogP contribution in [0.4, 0.5) is 0 Å². The summed E-state index contributed by atoms with van der Waals surface area (Å²) in [5, 5.41) is 13.9. The molecule has 0 bridgehead atoms. The summed E-state index contributed by atoms with van der Waals surface area (Å²) >= 11 is 3.22. The molecule has 0 unspecified atom stereocenters. The lowest BCUT2D eigenvalue weighted by Gasteiger charge is -2.08. The van der Waals surface area contributed by atoms with E-state index in [1.807, 2.05) is 0 Å². The lowest BCUT2D eigenvalue weighted by Crippen LogP contribution is -2.17. The fourth-order valence-corrected chi connectivity index (χ4v) is 2.43. The van der Waals surface area contributed by atoms with Crippen molar-refractivity contribution >= 4 is 28.1 Å². The zero-order valence-corrected chi connectivity index (χ0v) is 15.5. The molecule has 0 radical (unpaired) electrons. The molecule has 0 heterocycles. The van der Waals surface area contributed by atoms with Gasteiger partial charge in [-0.15, -0.1) is 0 Å². The predicted molar refractivity (Wildman–Crippen MR) is 97.0 cm³/mol. The first-order valence-corrected chi connectivity index (χ1v) is 7.90. The monoisotopic (exact) mass is 408 g/mol. The highest BCUT2D eigenvalue weighted by atomic mass is 79.9. The highest BCUT2D eigenvalue weighted by Gasteiger charge is 2.10. The largest absolute Gasteiger partial charge is 0.506 e. The van der Waals surface area contributed by atoms with E-state index >= 15 is 0 Å². The summed E-state index contributed by atoms with van der Waals surface area (Å²) in [6.07, 6.45) is 1.32. The van der Waals surface area contributed by atoms with Gasteiger partial charge < -0.3 is 19.3 Å². The molecule has 0 fully saturated rings. The maximum Gasteiger partial charge on any atom is 0.271 e. The third-order valence-electron chi connectivity index (χ3n) is 3.29. The number of hydrogen-bond donors (Lipinski definition) is 2. The standard InChI is InChI=1S/C17H17BrN2O5/c1-23-12-4-10(5-13(7-12)24-2)17(22)20-19-9-11-6-14(25-3)8-15(18)16(11)21/h4-9,21H,1-3H3,(H,20,22)/b19-9-. The molecule has 0 aliphatic carbocycles. The number of halogens is 1.